The van der Waals surface area contributed by atoms with Gasteiger partial charge < -0.3 is 4.98 Å². The first kappa shape index (κ1) is 15.1. The highest BCUT2D eigenvalue weighted by atomic mass is 16.2. The summed E-state index contributed by atoms with van der Waals surface area (Å²) >= 11 is 0. The number of hydrogen-bond acceptors (Lipinski definition) is 4. The normalized spacial score (nSPS) is 13.4. The Morgan fingerprint density at radius 2 is 1.64 bits per heavy atom. The van der Waals surface area contributed by atoms with E-state index in [0.29, 0.717) is 17.1 Å². The van der Waals surface area contributed by atoms with Crippen LogP contribution in [0.25, 0.3) is 11.0 Å². The quantitative estimate of drug-likeness (QED) is 0.715. The number of rotatable bonds is 4. The molecule has 1 aliphatic rings. The molecule has 0 unspecified atom stereocenters. The van der Waals surface area contributed by atoms with Crippen LogP contribution in [0.3, 0.4) is 0 Å². The Bertz CT molecular complexity index is 940. The Labute approximate surface area is 142 Å². The second-order valence-corrected chi connectivity index (χ2v) is 5.71. The molecule has 0 saturated carbocycles. The molecule has 7 nitrogen and oxygen atoms in total. The number of hydrogen-bond donors (Lipinski definition) is 2. The molecule has 3 amide bonds. The summed E-state index contributed by atoms with van der Waals surface area (Å²) in [6.07, 6.45) is 0.00249. The molecule has 0 fully saturated rings. The number of benzene rings is 2. The third kappa shape index (κ3) is 2.65. The maximum absolute atomic E-state index is 12.3. The molecule has 1 aromatic heterocycles. The van der Waals surface area contributed by atoms with Gasteiger partial charge in [0.25, 0.3) is 11.8 Å². The Balaban J connectivity index is 1.41. The van der Waals surface area contributed by atoms with Crippen LogP contribution >= 0.6 is 0 Å². The topological polar surface area (TPSA) is 95.2 Å². The lowest BCUT2D eigenvalue weighted by atomic mass is 10.1. The molecule has 0 aliphatic carbocycles. The largest absolute Gasteiger partial charge is 0.324 e. The smallest absolute Gasteiger partial charge is 0.261 e. The van der Waals surface area contributed by atoms with Crippen molar-refractivity contribution in [2.75, 3.05) is 11.9 Å². The highest BCUT2D eigenvalue weighted by Crippen LogP contribution is 2.22. The summed E-state index contributed by atoms with van der Waals surface area (Å²) in [5.74, 6) is -0.710. The van der Waals surface area contributed by atoms with Crippen molar-refractivity contribution in [2.45, 2.75) is 6.42 Å². The first-order valence-electron chi connectivity index (χ1n) is 7.83. The number of amides is 3. The number of imide groups is 1. The molecule has 0 spiro atoms. The van der Waals surface area contributed by atoms with Crippen LogP contribution in [0.2, 0.25) is 0 Å². The molecule has 0 radical (unpaired) electrons. The Hall–Kier alpha value is -3.48. The Morgan fingerprint density at radius 1 is 1.00 bits per heavy atom. The van der Waals surface area contributed by atoms with Gasteiger partial charge in [-0.2, -0.15) is 0 Å². The van der Waals surface area contributed by atoms with Crippen molar-refractivity contribution >= 4 is 34.7 Å². The zero-order valence-corrected chi connectivity index (χ0v) is 13.2. The van der Waals surface area contributed by atoms with Crippen LogP contribution in [0.5, 0.6) is 0 Å². The molecule has 0 saturated heterocycles. The van der Waals surface area contributed by atoms with Gasteiger partial charge in [0.15, 0.2) is 0 Å². The molecule has 1 aliphatic heterocycles. The van der Waals surface area contributed by atoms with Crippen molar-refractivity contribution in [1.29, 1.82) is 0 Å². The van der Waals surface area contributed by atoms with Gasteiger partial charge >= 0.3 is 0 Å². The monoisotopic (exact) mass is 334 g/mol. The van der Waals surface area contributed by atoms with E-state index in [-0.39, 0.29) is 30.7 Å². The van der Waals surface area contributed by atoms with Crippen molar-refractivity contribution in [1.82, 2.24) is 14.9 Å². The van der Waals surface area contributed by atoms with E-state index in [4.69, 9.17) is 0 Å². The van der Waals surface area contributed by atoms with E-state index in [0.717, 1.165) is 15.9 Å². The van der Waals surface area contributed by atoms with E-state index in [1.54, 1.807) is 24.3 Å². The van der Waals surface area contributed by atoms with Crippen LogP contribution in [0.4, 0.5) is 5.95 Å². The SMILES string of the molecule is O=C(CCN1C(=O)c2ccccc2C1=O)Nc1nc2ccccc2[nH]1. The van der Waals surface area contributed by atoms with E-state index < -0.39 is 0 Å². The molecular weight excluding hydrogens is 320 g/mol. The van der Waals surface area contributed by atoms with Crippen LogP contribution < -0.4 is 5.32 Å². The number of para-hydroxylation sites is 2. The minimum absolute atomic E-state index is 0.00249. The number of anilines is 1. The lowest BCUT2D eigenvalue weighted by molar-refractivity contribution is -0.116. The van der Waals surface area contributed by atoms with Crippen LogP contribution in [-0.2, 0) is 4.79 Å². The number of fused-ring (bicyclic) bond motifs is 2. The zero-order valence-electron chi connectivity index (χ0n) is 13.2. The van der Waals surface area contributed by atoms with Gasteiger partial charge in [0.05, 0.1) is 22.2 Å². The molecule has 0 atom stereocenters. The first-order valence-corrected chi connectivity index (χ1v) is 7.83. The fourth-order valence-corrected chi connectivity index (χ4v) is 2.86. The molecule has 124 valence electrons. The minimum Gasteiger partial charge on any atom is -0.324 e. The predicted octanol–water partition coefficient (Wildman–Crippen LogP) is 2.19. The number of H-pyrrole nitrogens is 1. The van der Waals surface area contributed by atoms with Crippen molar-refractivity contribution in [3.05, 3.63) is 59.7 Å². The van der Waals surface area contributed by atoms with Gasteiger partial charge in [0, 0.05) is 13.0 Å². The van der Waals surface area contributed by atoms with E-state index >= 15 is 0 Å². The molecule has 2 aromatic carbocycles. The van der Waals surface area contributed by atoms with Gasteiger partial charge in [0.1, 0.15) is 0 Å². The summed E-state index contributed by atoms with van der Waals surface area (Å²) in [4.78, 5) is 45.0. The molecular formula is C18H14N4O3. The van der Waals surface area contributed by atoms with Crippen LogP contribution in [0.15, 0.2) is 48.5 Å². The number of nitrogens with zero attached hydrogens (tertiary/aromatic N) is 2. The number of carbonyl (C=O) groups excluding carboxylic acids is 3. The van der Waals surface area contributed by atoms with Gasteiger partial charge in [0.2, 0.25) is 11.9 Å². The number of aromatic amines is 1. The maximum Gasteiger partial charge on any atom is 0.261 e. The summed E-state index contributed by atoms with van der Waals surface area (Å²) in [5.41, 5.74) is 2.33. The lowest BCUT2D eigenvalue weighted by Crippen LogP contribution is -2.33. The Morgan fingerprint density at radius 3 is 2.32 bits per heavy atom. The lowest BCUT2D eigenvalue weighted by Gasteiger charge is -2.12. The van der Waals surface area contributed by atoms with Gasteiger partial charge in [-0.05, 0) is 24.3 Å². The molecule has 7 heteroatoms. The van der Waals surface area contributed by atoms with Gasteiger partial charge in [-0.15, -0.1) is 0 Å². The molecule has 2 N–H and O–H groups in total. The number of nitrogens with one attached hydrogen (secondary N) is 2. The van der Waals surface area contributed by atoms with E-state index in [2.05, 4.69) is 15.3 Å². The van der Waals surface area contributed by atoms with Crippen molar-refractivity contribution in [2.24, 2.45) is 0 Å². The van der Waals surface area contributed by atoms with Crippen LogP contribution in [-0.4, -0.2) is 39.1 Å². The molecule has 0 bridgehead atoms. The van der Waals surface area contributed by atoms with Crippen molar-refractivity contribution in [3.63, 3.8) is 0 Å². The second kappa shape index (κ2) is 5.86. The van der Waals surface area contributed by atoms with Gasteiger partial charge in [-0.25, -0.2) is 4.98 Å². The van der Waals surface area contributed by atoms with E-state index in [9.17, 15) is 14.4 Å². The molecule has 2 heterocycles. The fourth-order valence-electron chi connectivity index (χ4n) is 2.86. The van der Waals surface area contributed by atoms with Crippen LogP contribution in [0.1, 0.15) is 27.1 Å². The summed E-state index contributed by atoms with van der Waals surface area (Å²) < 4.78 is 0. The van der Waals surface area contributed by atoms with E-state index in [1.807, 2.05) is 24.3 Å². The average molecular weight is 334 g/mol. The predicted molar refractivity (Wildman–Crippen MR) is 91.1 cm³/mol. The first-order chi connectivity index (χ1) is 12.1. The molecule has 4 rings (SSSR count). The Kier molecular flexibility index (Phi) is 3.53. The highest BCUT2D eigenvalue weighted by Gasteiger charge is 2.34. The summed E-state index contributed by atoms with van der Waals surface area (Å²) in [6, 6.07) is 14.1. The van der Waals surface area contributed by atoms with Crippen molar-refractivity contribution in [3.8, 4) is 0 Å². The number of imidazole rings is 1. The van der Waals surface area contributed by atoms with Crippen LogP contribution in [0, 0.1) is 0 Å². The highest BCUT2D eigenvalue weighted by molar-refractivity contribution is 6.21. The van der Waals surface area contributed by atoms with E-state index in [1.165, 1.54) is 0 Å². The minimum atomic E-state index is -0.364. The maximum atomic E-state index is 12.3. The standard InChI is InChI=1S/C18H14N4O3/c23-15(21-18-19-13-7-3-4-8-14(13)20-18)9-10-22-16(24)11-5-1-2-6-12(11)17(22)25/h1-8H,9-10H2,(H2,19,20,21,23). The average Bonchev–Trinajstić information content (AvgIpc) is 3.13. The summed E-state index contributed by atoms with van der Waals surface area (Å²) in [5, 5.41) is 2.65. The molecule has 3 aromatic rings. The second-order valence-electron chi connectivity index (χ2n) is 5.71. The van der Waals surface area contributed by atoms with Crippen molar-refractivity contribution < 1.29 is 14.4 Å². The summed E-state index contributed by atoms with van der Waals surface area (Å²) in [6.45, 7) is 0.0262. The third-order valence-electron chi connectivity index (χ3n) is 4.09. The number of carbonyl (C=O) groups is 3. The molecule has 25 heavy (non-hydrogen) atoms. The third-order valence-corrected chi connectivity index (χ3v) is 4.09. The van der Waals surface area contributed by atoms with Gasteiger partial charge in [-0.3, -0.25) is 24.6 Å². The summed E-state index contributed by atoms with van der Waals surface area (Å²) in [7, 11) is 0. The zero-order chi connectivity index (χ0) is 17.4. The van der Waals surface area contributed by atoms with Gasteiger partial charge in [-0.1, -0.05) is 24.3 Å². The fraction of sp³-hybridized carbons (Fsp3) is 0.111. The number of aromatic nitrogens is 2.